The van der Waals surface area contributed by atoms with Gasteiger partial charge in [-0.15, -0.1) is 0 Å². The first-order valence-corrected chi connectivity index (χ1v) is 10.9. The average Bonchev–Trinajstić information content (AvgIpc) is 3.11. The normalized spacial score (nSPS) is 20.9. The second-order valence-electron chi connectivity index (χ2n) is 8.88. The van der Waals surface area contributed by atoms with E-state index in [2.05, 4.69) is 0 Å². The molecule has 1 fully saturated rings. The fraction of sp³-hybridized carbons (Fsp3) is 0.375. The highest BCUT2D eigenvalue weighted by molar-refractivity contribution is 5.91. The van der Waals surface area contributed by atoms with E-state index in [9.17, 15) is 24.6 Å². The molecule has 3 atom stereocenters. The SMILES string of the molecule is COc1ccc2c(c1)c([C@@H](C(=O)O)N1C[C@H]3C[C@@H](C1)c1cccc(=O)n1C3)cn2CC(=O)O. The molecule has 0 unspecified atom stereocenters. The summed E-state index contributed by atoms with van der Waals surface area (Å²) in [6.07, 6.45) is 2.56. The number of benzene rings is 1. The number of fused-ring (bicyclic) bond motifs is 5. The summed E-state index contributed by atoms with van der Waals surface area (Å²) < 4.78 is 8.73. The number of pyridine rings is 1. The zero-order chi connectivity index (χ0) is 23.3. The first-order chi connectivity index (χ1) is 15.9. The highest BCUT2D eigenvalue weighted by Gasteiger charge is 2.40. The van der Waals surface area contributed by atoms with Crippen LogP contribution >= 0.6 is 0 Å². The van der Waals surface area contributed by atoms with Gasteiger partial charge in [-0.3, -0.25) is 19.3 Å². The molecule has 1 saturated heterocycles. The summed E-state index contributed by atoms with van der Waals surface area (Å²) in [4.78, 5) is 38.3. The lowest BCUT2D eigenvalue weighted by Gasteiger charge is -2.44. The van der Waals surface area contributed by atoms with Crippen molar-refractivity contribution in [3.63, 3.8) is 0 Å². The maximum Gasteiger partial charge on any atom is 0.325 e. The Bertz CT molecular complexity index is 1310. The van der Waals surface area contributed by atoms with E-state index in [-0.39, 0.29) is 23.9 Å². The van der Waals surface area contributed by atoms with Crippen molar-refractivity contribution in [3.8, 4) is 5.75 Å². The molecule has 3 aromatic rings. The second kappa shape index (κ2) is 8.08. The van der Waals surface area contributed by atoms with Crippen molar-refractivity contribution in [1.29, 1.82) is 0 Å². The van der Waals surface area contributed by atoms with E-state index < -0.39 is 18.0 Å². The summed E-state index contributed by atoms with van der Waals surface area (Å²) >= 11 is 0. The first kappa shape index (κ1) is 21.3. The molecular weight excluding hydrogens is 426 g/mol. The van der Waals surface area contributed by atoms with Gasteiger partial charge < -0.3 is 24.1 Å². The first-order valence-electron chi connectivity index (χ1n) is 10.9. The van der Waals surface area contributed by atoms with E-state index in [1.165, 1.54) is 7.11 Å². The van der Waals surface area contributed by atoms with Gasteiger partial charge in [0.15, 0.2) is 0 Å². The van der Waals surface area contributed by atoms with Gasteiger partial charge in [0.25, 0.3) is 5.56 Å². The Labute approximate surface area is 189 Å². The standard InChI is InChI=1S/C24H25N3O6/c1-33-16-5-6-20-17(8-16)18(12-25(20)13-22(29)30)23(24(31)32)26-9-14-7-15(11-26)19-3-2-4-21(28)27(19)10-14/h2-6,8,12,14-15,23H,7,9-11,13H2,1H3,(H,29,30)(H,31,32)/t14-,15+,23+/m1/s1. The van der Waals surface area contributed by atoms with Crippen molar-refractivity contribution in [1.82, 2.24) is 14.0 Å². The number of aromatic nitrogens is 2. The maximum absolute atomic E-state index is 12.6. The third kappa shape index (κ3) is 3.68. The smallest absolute Gasteiger partial charge is 0.325 e. The molecule has 0 amide bonds. The number of likely N-dealkylation sites (tertiary alicyclic amines) is 1. The van der Waals surface area contributed by atoms with Crippen molar-refractivity contribution in [2.45, 2.75) is 31.5 Å². The number of piperidine rings is 1. The fourth-order valence-corrected chi connectivity index (χ4v) is 5.56. The molecule has 2 aliphatic rings. The predicted octanol–water partition coefficient (Wildman–Crippen LogP) is 2.14. The van der Waals surface area contributed by atoms with Crippen LogP contribution in [0.25, 0.3) is 10.9 Å². The number of carbonyl (C=O) groups is 2. The molecule has 5 rings (SSSR count). The van der Waals surface area contributed by atoms with Gasteiger partial charge >= 0.3 is 11.9 Å². The predicted molar refractivity (Wildman–Crippen MR) is 120 cm³/mol. The van der Waals surface area contributed by atoms with Crippen LogP contribution in [0.5, 0.6) is 5.75 Å². The minimum atomic E-state index is -1.00. The van der Waals surface area contributed by atoms with Crippen LogP contribution in [-0.2, 0) is 22.7 Å². The summed E-state index contributed by atoms with van der Waals surface area (Å²) in [6, 6.07) is 9.58. The van der Waals surface area contributed by atoms with Gasteiger partial charge in [-0.1, -0.05) is 6.07 Å². The van der Waals surface area contributed by atoms with Gasteiger partial charge in [0.05, 0.1) is 7.11 Å². The van der Waals surface area contributed by atoms with Gasteiger partial charge in [-0.25, -0.2) is 0 Å². The van der Waals surface area contributed by atoms with E-state index in [0.29, 0.717) is 41.9 Å². The van der Waals surface area contributed by atoms with Crippen molar-refractivity contribution in [2.75, 3.05) is 20.2 Å². The molecule has 33 heavy (non-hydrogen) atoms. The highest BCUT2D eigenvalue weighted by Crippen LogP contribution is 2.40. The van der Waals surface area contributed by atoms with Crippen LogP contribution in [0.2, 0.25) is 0 Å². The molecule has 4 heterocycles. The number of rotatable bonds is 6. The molecule has 2 aromatic heterocycles. The molecule has 2 aliphatic heterocycles. The molecule has 0 aliphatic carbocycles. The van der Waals surface area contributed by atoms with E-state index >= 15 is 0 Å². The quantitative estimate of drug-likeness (QED) is 0.590. The third-order valence-electron chi connectivity index (χ3n) is 6.83. The summed E-state index contributed by atoms with van der Waals surface area (Å²) in [5, 5.41) is 20.3. The number of ether oxygens (including phenoxy) is 1. The van der Waals surface area contributed by atoms with E-state index in [4.69, 9.17) is 4.74 Å². The minimum Gasteiger partial charge on any atom is -0.497 e. The summed E-state index contributed by atoms with van der Waals surface area (Å²) in [5.74, 6) is -1.19. The van der Waals surface area contributed by atoms with Crippen LogP contribution in [0.15, 0.2) is 47.4 Å². The zero-order valence-corrected chi connectivity index (χ0v) is 18.2. The number of carboxylic acids is 2. The number of hydrogen-bond acceptors (Lipinski definition) is 5. The minimum absolute atomic E-state index is 0.0192. The van der Waals surface area contributed by atoms with Gasteiger partial charge in [0.2, 0.25) is 0 Å². The van der Waals surface area contributed by atoms with Gasteiger partial charge in [0, 0.05) is 60.0 Å². The Balaban J connectivity index is 1.58. The molecule has 2 bridgehead atoms. The Morgan fingerprint density at radius 3 is 2.70 bits per heavy atom. The largest absolute Gasteiger partial charge is 0.497 e. The van der Waals surface area contributed by atoms with Crippen LogP contribution in [-0.4, -0.2) is 56.4 Å². The summed E-state index contributed by atoms with van der Waals surface area (Å²) in [6.45, 7) is 1.36. The number of carboxylic acid groups (broad SMARTS) is 2. The lowest BCUT2D eigenvalue weighted by atomic mass is 9.82. The Hall–Kier alpha value is -3.59. The second-order valence-corrected chi connectivity index (χ2v) is 8.88. The van der Waals surface area contributed by atoms with Gasteiger partial charge in [-0.2, -0.15) is 0 Å². The zero-order valence-electron chi connectivity index (χ0n) is 18.2. The van der Waals surface area contributed by atoms with E-state index in [0.717, 1.165) is 12.1 Å². The van der Waals surface area contributed by atoms with E-state index in [1.807, 2.05) is 15.5 Å². The van der Waals surface area contributed by atoms with Crippen molar-refractivity contribution in [3.05, 3.63) is 64.2 Å². The molecule has 2 N–H and O–H groups in total. The average molecular weight is 451 g/mol. The lowest BCUT2D eigenvalue weighted by molar-refractivity contribution is -0.144. The van der Waals surface area contributed by atoms with Crippen molar-refractivity contribution in [2.24, 2.45) is 5.92 Å². The molecule has 9 nitrogen and oxygen atoms in total. The summed E-state index contributed by atoms with van der Waals surface area (Å²) in [5.41, 5.74) is 2.12. The van der Waals surface area contributed by atoms with Crippen LogP contribution in [0.1, 0.15) is 29.6 Å². The number of nitrogens with zero attached hydrogens (tertiary/aromatic N) is 3. The Kier molecular flexibility index (Phi) is 5.20. The van der Waals surface area contributed by atoms with Crippen molar-refractivity contribution < 1.29 is 24.5 Å². The monoisotopic (exact) mass is 451 g/mol. The molecule has 9 heteroatoms. The third-order valence-corrected chi connectivity index (χ3v) is 6.83. The number of methoxy groups -OCH3 is 1. The molecule has 1 aromatic carbocycles. The van der Waals surface area contributed by atoms with Crippen LogP contribution in [0.3, 0.4) is 0 Å². The molecule has 0 saturated carbocycles. The molecule has 0 spiro atoms. The molecular formula is C24H25N3O6. The van der Waals surface area contributed by atoms with Gasteiger partial charge in [0.1, 0.15) is 18.3 Å². The van der Waals surface area contributed by atoms with Crippen LogP contribution in [0, 0.1) is 5.92 Å². The number of hydrogen-bond donors (Lipinski definition) is 2. The maximum atomic E-state index is 12.6. The van der Waals surface area contributed by atoms with Crippen LogP contribution < -0.4 is 10.3 Å². The molecule has 172 valence electrons. The fourth-order valence-electron chi connectivity index (χ4n) is 5.56. The van der Waals surface area contributed by atoms with Crippen molar-refractivity contribution >= 4 is 22.8 Å². The highest BCUT2D eigenvalue weighted by atomic mass is 16.5. The topological polar surface area (TPSA) is 114 Å². The van der Waals surface area contributed by atoms with Gasteiger partial charge in [-0.05, 0) is 36.6 Å². The Morgan fingerprint density at radius 1 is 1.15 bits per heavy atom. The van der Waals surface area contributed by atoms with Crippen LogP contribution in [0.4, 0.5) is 0 Å². The van der Waals surface area contributed by atoms with E-state index in [1.54, 1.807) is 41.1 Å². The number of aliphatic carboxylic acids is 2. The lowest BCUT2D eigenvalue weighted by Crippen LogP contribution is -2.49. The Morgan fingerprint density at radius 2 is 1.97 bits per heavy atom. The molecule has 0 radical (unpaired) electrons. The summed E-state index contributed by atoms with van der Waals surface area (Å²) in [7, 11) is 1.54.